The Morgan fingerprint density at radius 1 is 1.27 bits per heavy atom. The van der Waals surface area contributed by atoms with E-state index in [4.69, 9.17) is 4.74 Å². The van der Waals surface area contributed by atoms with Crippen molar-refractivity contribution >= 4 is 11.8 Å². The molecule has 0 amide bonds. The van der Waals surface area contributed by atoms with Crippen LogP contribution in [0.1, 0.15) is 19.4 Å². The van der Waals surface area contributed by atoms with Gasteiger partial charge < -0.3 is 9.64 Å². The van der Waals surface area contributed by atoms with Crippen LogP contribution in [0.25, 0.3) is 6.08 Å². The monoisotopic (exact) mass is 203 g/mol. The predicted octanol–water partition coefficient (Wildman–Crippen LogP) is 2.94. The fourth-order valence-electron chi connectivity index (χ4n) is 1.88. The van der Waals surface area contributed by atoms with Gasteiger partial charge in [0.05, 0.1) is 0 Å². The van der Waals surface area contributed by atoms with Crippen molar-refractivity contribution in [1.82, 2.24) is 0 Å². The molecule has 15 heavy (non-hydrogen) atoms. The van der Waals surface area contributed by atoms with Crippen molar-refractivity contribution < 1.29 is 4.74 Å². The maximum Gasteiger partial charge on any atom is 0.129 e. The summed E-state index contributed by atoms with van der Waals surface area (Å²) in [5.41, 5.74) is 2.42. The molecule has 1 aliphatic rings. The zero-order valence-electron chi connectivity index (χ0n) is 9.36. The highest BCUT2D eigenvalue weighted by Gasteiger charge is 2.08. The molecule has 1 heterocycles. The average molecular weight is 203 g/mol. The molecular weight excluding hydrogens is 186 g/mol. The predicted molar refractivity (Wildman–Crippen MR) is 64.5 cm³/mol. The summed E-state index contributed by atoms with van der Waals surface area (Å²) in [7, 11) is 0. The number of fused-ring (bicyclic) bond motifs is 1. The molecule has 0 aromatic heterocycles. The summed E-state index contributed by atoms with van der Waals surface area (Å²) in [6, 6.07) is 6.41. The molecule has 0 unspecified atom stereocenters. The first-order valence-corrected chi connectivity index (χ1v) is 5.53. The van der Waals surface area contributed by atoms with Crippen LogP contribution in [0.2, 0.25) is 0 Å². The lowest BCUT2D eigenvalue weighted by atomic mass is 10.1. The number of benzene rings is 1. The van der Waals surface area contributed by atoms with Crippen LogP contribution in [0.15, 0.2) is 24.3 Å². The lowest BCUT2D eigenvalue weighted by molar-refractivity contribution is 0.358. The Bertz CT molecular complexity index is 367. The second-order valence-corrected chi connectivity index (χ2v) is 3.61. The maximum absolute atomic E-state index is 5.59. The zero-order chi connectivity index (χ0) is 10.7. The Kier molecular flexibility index (Phi) is 2.95. The number of nitrogens with zero attached hydrogens (tertiary/aromatic N) is 1. The van der Waals surface area contributed by atoms with Crippen molar-refractivity contribution in [2.45, 2.75) is 13.8 Å². The van der Waals surface area contributed by atoms with Gasteiger partial charge in [0.1, 0.15) is 12.4 Å². The molecule has 2 heteroatoms. The summed E-state index contributed by atoms with van der Waals surface area (Å²) in [5.74, 6) is 1.00. The second kappa shape index (κ2) is 4.39. The highest BCUT2D eigenvalue weighted by molar-refractivity contribution is 5.65. The largest absolute Gasteiger partial charge is 0.489 e. The average Bonchev–Trinajstić information content (AvgIpc) is 2.30. The van der Waals surface area contributed by atoms with Crippen LogP contribution < -0.4 is 9.64 Å². The van der Waals surface area contributed by atoms with Gasteiger partial charge in [-0.1, -0.05) is 6.08 Å². The first kappa shape index (κ1) is 10.1. The second-order valence-electron chi connectivity index (χ2n) is 3.61. The number of rotatable bonds is 3. The van der Waals surface area contributed by atoms with Gasteiger partial charge in [0.25, 0.3) is 0 Å². The highest BCUT2D eigenvalue weighted by Crippen LogP contribution is 2.28. The molecule has 0 fully saturated rings. The van der Waals surface area contributed by atoms with E-state index in [1.165, 1.54) is 11.3 Å². The summed E-state index contributed by atoms with van der Waals surface area (Å²) in [4.78, 5) is 2.32. The number of hydrogen-bond donors (Lipinski definition) is 0. The molecule has 2 rings (SSSR count). The molecule has 0 saturated carbocycles. The van der Waals surface area contributed by atoms with E-state index in [1.807, 2.05) is 6.08 Å². The highest BCUT2D eigenvalue weighted by atomic mass is 16.5. The minimum Gasteiger partial charge on any atom is -0.489 e. The third-order valence-corrected chi connectivity index (χ3v) is 2.76. The minimum absolute atomic E-state index is 0.689. The molecule has 80 valence electrons. The van der Waals surface area contributed by atoms with Crippen molar-refractivity contribution in [3.05, 3.63) is 29.8 Å². The molecule has 1 aromatic rings. The van der Waals surface area contributed by atoms with Gasteiger partial charge in [-0.05, 0) is 32.1 Å². The van der Waals surface area contributed by atoms with Gasteiger partial charge in [0, 0.05) is 30.4 Å². The van der Waals surface area contributed by atoms with E-state index in [2.05, 4.69) is 43.0 Å². The lowest BCUT2D eigenvalue weighted by Crippen LogP contribution is -2.21. The number of anilines is 1. The van der Waals surface area contributed by atoms with E-state index in [0.717, 1.165) is 18.8 Å². The van der Waals surface area contributed by atoms with Crippen molar-refractivity contribution in [2.75, 3.05) is 24.6 Å². The van der Waals surface area contributed by atoms with Crippen LogP contribution in [-0.2, 0) is 0 Å². The van der Waals surface area contributed by atoms with Crippen molar-refractivity contribution in [2.24, 2.45) is 0 Å². The Labute approximate surface area is 91.2 Å². The standard InChI is InChI=1S/C13H17NO/c1-3-14(4-2)12-8-7-11-6-5-9-15-13(11)10-12/h5-8,10H,3-4,9H2,1-2H3. The third-order valence-electron chi connectivity index (χ3n) is 2.76. The molecule has 0 radical (unpaired) electrons. The topological polar surface area (TPSA) is 12.5 Å². The first-order valence-electron chi connectivity index (χ1n) is 5.53. The molecule has 0 N–H and O–H groups in total. The van der Waals surface area contributed by atoms with E-state index in [1.54, 1.807) is 0 Å². The molecule has 1 aromatic carbocycles. The third kappa shape index (κ3) is 1.99. The zero-order valence-corrected chi connectivity index (χ0v) is 9.36. The molecular formula is C13H17NO. The molecule has 1 aliphatic heterocycles. The number of ether oxygens (including phenoxy) is 1. The van der Waals surface area contributed by atoms with Crippen molar-refractivity contribution in [3.8, 4) is 5.75 Å². The Hall–Kier alpha value is -1.44. The molecule has 0 spiro atoms. The summed E-state index contributed by atoms with van der Waals surface area (Å²) in [6.45, 7) is 7.10. The van der Waals surface area contributed by atoms with E-state index in [0.29, 0.717) is 6.61 Å². The minimum atomic E-state index is 0.689. The lowest BCUT2D eigenvalue weighted by Gasteiger charge is -2.23. The van der Waals surface area contributed by atoms with Gasteiger partial charge in [-0.2, -0.15) is 0 Å². The van der Waals surface area contributed by atoms with Crippen LogP contribution in [0.5, 0.6) is 5.75 Å². The first-order chi connectivity index (χ1) is 7.35. The quantitative estimate of drug-likeness (QED) is 0.749. The van der Waals surface area contributed by atoms with Gasteiger partial charge in [0.15, 0.2) is 0 Å². The maximum atomic E-state index is 5.59. The van der Waals surface area contributed by atoms with Gasteiger partial charge in [0.2, 0.25) is 0 Å². The molecule has 2 nitrogen and oxygen atoms in total. The Morgan fingerprint density at radius 2 is 2.07 bits per heavy atom. The van der Waals surface area contributed by atoms with Crippen LogP contribution in [0, 0.1) is 0 Å². The van der Waals surface area contributed by atoms with Crippen molar-refractivity contribution in [1.29, 1.82) is 0 Å². The van der Waals surface area contributed by atoms with Gasteiger partial charge in [-0.3, -0.25) is 0 Å². The Morgan fingerprint density at radius 3 is 2.80 bits per heavy atom. The summed E-state index contributed by atoms with van der Waals surface area (Å²) < 4.78 is 5.59. The summed E-state index contributed by atoms with van der Waals surface area (Å²) in [6.07, 6.45) is 4.16. The van der Waals surface area contributed by atoms with Crippen molar-refractivity contribution in [3.63, 3.8) is 0 Å². The Balaban J connectivity index is 2.31. The van der Waals surface area contributed by atoms with Gasteiger partial charge in [-0.25, -0.2) is 0 Å². The summed E-state index contributed by atoms with van der Waals surface area (Å²) in [5, 5.41) is 0. The SMILES string of the molecule is CCN(CC)c1ccc2c(c1)OCC=C2. The van der Waals surface area contributed by atoms with E-state index in [-0.39, 0.29) is 0 Å². The smallest absolute Gasteiger partial charge is 0.129 e. The van der Waals surface area contributed by atoms with Crippen LogP contribution in [0.3, 0.4) is 0 Å². The summed E-state index contributed by atoms with van der Waals surface area (Å²) >= 11 is 0. The van der Waals surface area contributed by atoms with Crippen LogP contribution in [-0.4, -0.2) is 19.7 Å². The molecule has 0 saturated heterocycles. The van der Waals surface area contributed by atoms with E-state index >= 15 is 0 Å². The van der Waals surface area contributed by atoms with Gasteiger partial charge in [-0.15, -0.1) is 0 Å². The number of hydrogen-bond acceptors (Lipinski definition) is 2. The van der Waals surface area contributed by atoms with E-state index < -0.39 is 0 Å². The molecule has 0 atom stereocenters. The normalized spacial score (nSPS) is 13.2. The fraction of sp³-hybridized carbons (Fsp3) is 0.385. The van der Waals surface area contributed by atoms with Crippen LogP contribution in [0.4, 0.5) is 5.69 Å². The molecule has 0 bridgehead atoms. The van der Waals surface area contributed by atoms with Crippen LogP contribution >= 0.6 is 0 Å². The fourth-order valence-corrected chi connectivity index (χ4v) is 1.88. The van der Waals surface area contributed by atoms with E-state index in [9.17, 15) is 0 Å². The van der Waals surface area contributed by atoms with Gasteiger partial charge >= 0.3 is 0 Å². The molecule has 0 aliphatic carbocycles.